The highest BCUT2D eigenvalue weighted by Gasteiger charge is 2.36. The molecular weight excluding hydrogens is 621 g/mol. The van der Waals surface area contributed by atoms with Crippen molar-refractivity contribution in [2.75, 3.05) is 24.9 Å². The number of nitrogens with zero attached hydrogens (tertiary/aromatic N) is 5. The summed E-state index contributed by atoms with van der Waals surface area (Å²) in [4.78, 5) is 30.6. The number of sulfonamides is 1. The Bertz CT molecular complexity index is 1750. The molecule has 1 saturated heterocycles. The number of esters is 1. The van der Waals surface area contributed by atoms with Gasteiger partial charge in [0.1, 0.15) is 5.02 Å². The van der Waals surface area contributed by atoms with Gasteiger partial charge in [-0.15, -0.1) is 0 Å². The zero-order valence-electron chi connectivity index (χ0n) is 24.5. The summed E-state index contributed by atoms with van der Waals surface area (Å²) < 4.78 is 80.0. The summed E-state index contributed by atoms with van der Waals surface area (Å²) in [5, 5.41) is 6.33. The summed E-state index contributed by atoms with van der Waals surface area (Å²) in [6, 6.07) is 12.8. The van der Waals surface area contributed by atoms with Crippen molar-refractivity contribution in [1.82, 2.24) is 24.5 Å². The molecular formula is C28H31F3N6O7S. The molecule has 242 valence electrons. The number of aryl methyl sites for hydroxylation is 1. The minimum absolute atomic E-state index is 0.120. The number of piperidine rings is 1. The van der Waals surface area contributed by atoms with Gasteiger partial charge in [-0.3, -0.25) is 14.6 Å². The van der Waals surface area contributed by atoms with E-state index >= 15 is 0 Å². The van der Waals surface area contributed by atoms with Gasteiger partial charge >= 0.3 is 12.1 Å². The fourth-order valence-electron chi connectivity index (χ4n) is 4.58. The molecule has 0 saturated carbocycles. The van der Waals surface area contributed by atoms with Gasteiger partial charge in [0.25, 0.3) is 16.8 Å². The number of carbonyl (C=O) groups excluding carboxylic acids is 2. The number of rotatable bonds is 10. The Hall–Kier alpha value is -4.67. The Balaban J connectivity index is 1.25. The molecule has 0 radical (unpaired) electrons. The highest BCUT2D eigenvalue weighted by molar-refractivity contribution is 7.90. The quantitative estimate of drug-likeness (QED) is 0.201. The first-order valence-corrected chi connectivity index (χ1v) is 15.5. The number of benzene rings is 2. The summed E-state index contributed by atoms with van der Waals surface area (Å²) >= 11 is 0. The summed E-state index contributed by atoms with van der Waals surface area (Å²) in [6.45, 7) is 5.45. The molecule has 1 amide bonds. The molecule has 1 aliphatic heterocycles. The van der Waals surface area contributed by atoms with E-state index in [1.165, 1.54) is 29.2 Å². The van der Waals surface area contributed by atoms with Crippen molar-refractivity contribution in [3.05, 3.63) is 65.9 Å². The molecule has 1 atom stereocenters. The van der Waals surface area contributed by atoms with Gasteiger partial charge in [0, 0.05) is 17.1 Å². The lowest BCUT2D eigenvalue weighted by atomic mass is 9.99. The summed E-state index contributed by atoms with van der Waals surface area (Å²) in [7, 11) is -4.31. The molecule has 1 aliphatic rings. The Morgan fingerprint density at radius 1 is 1.11 bits per heavy atom. The Kier molecular flexibility index (Phi) is 8.73. The first-order valence-electron chi connectivity index (χ1n) is 14.0. The van der Waals surface area contributed by atoms with E-state index in [4.69, 9.17) is 14.2 Å². The number of aromatic nitrogens is 4. The van der Waals surface area contributed by atoms with Crippen LogP contribution in [0.1, 0.15) is 37.9 Å². The van der Waals surface area contributed by atoms with Crippen molar-refractivity contribution in [2.24, 2.45) is 11.8 Å². The summed E-state index contributed by atoms with van der Waals surface area (Å²) in [6.07, 6.45) is -3.72. The number of nitrogens with one attached hydrogen (secondary N) is 1. The Morgan fingerprint density at radius 2 is 1.80 bits per heavy atom. The molecule has 0 aliphatic carbocycles. The number of ether oxygens (including phenoxy) is 1. The third-order valence-corrected chi connectivity index (χ3v) is 8.44. The predicted molar refractivity (Wildman–Crippen MR) is 152 cm³/mol. The Labute approximate surface area is 255 Å². The van der Waals surface area contributed by atoms with Crippen LogP contribution in [0.5, 0.6) is 0 Å². The highest BCUT2D eigenvalue weighted by Crippen LogP contribution is 2.33. The lowest BCUT2D eigenvalue weighted by Crippen LogP contribution is -2.48. The van der Waals surface area contributed by atoms with Gasteiger partial charge in [-0.25, -0.2) is 17.8 Å². The molecule has 1 unspecified atom stereocenters. The van der Waals surface area contributed by atoms with Crippen molar-refractivity contribution in [1.29, 1.82) is 0 Å². The topological polar surface area (TPSA) is 143 Å². The monoisotopic (exact) mass is 652 g/mol. The van der Waals surface area contributed by atoms with Crippen LogP contribution in [0.3, 0.4) is 0 Å². The first-order chi connectivity index (χ1) is 21.2. The van der Waals surface area contributed by atoms with E-state index in [9.17, 15) is 31.2 Å². The fourth-order valence-corrected chi connectivity index (χ4v) is 5.63. The molecule has 2 aromatic carbocycles. The molecule has 45 heavy (non-hydrogen) atoms. The minimum Gasteiger partial charge on any atom is -0.425 e. The number of halogens is 3. The van der Waals surface area contributed by atoms with Crippen LogP contribution in [-0.4, -0.2) is 59.9 Å². The van der Waals surface area contributed by atoms with Crippen LogP contribution in [0, 0.1) is 18.8 Å². The molecule has 1 N–H and O–H groups in total. The van der Waals surface area contributed by atoms with Gasteiger partial charge in [-0.2, -0.15) is 22.9 Å². The van der Waals surface area contributed by atoms with Crippen molar-refractivity contribution >= 4 is 21.9 Å². The van der Waals surface area contributed by atoms with Crippen LogP contribution in [0.25, 0.3) is 16.9 Å². The zero-order valence-corrected chi connectivity index (χ0v) is 25.3. The van der Waals surface area contributed by atoms with Gasteiger partial charge in [-0.05, 0) is 50.1 Å². The molecule has 13 nitrogen and oxygen atoms in total. The molecule has 4 aromatic rings. The highest BCUT2D eigenvalue weighted by atomic mass is 32.2. The maximum atomic E-state index is 13.5. The standard InChI is InChI=1S/C28H31F3N6O7S/c1-18(2)27(39)42-17-43-37-36(44-37)34-14-4-5-21(16-34)26(38)33-45(40,41)23-12-10-22(11-13-23)35-24(15-25(32-35)28(29,30)31)20-8-6-19(3)7-9-20/h6-13,15,18,21H,4-5,14,16-17H2,1-3H3,(H,33,38). The zero-order chi connectivity index (χ0) is 32.5. The number of hydrogen-bond donors (Lipinski definition) is 1. The summed E-state index contributed by atoms with van der Waals surface area (Å²) in [5.74, 6) is -2.21. The lowest BCUT2D eigenvalue weighted by molar-refractivity contribution is -0.163. The van der Waals surface area contributed by atoms with Gasteiger partial charge in [-0.1, -0.05) is 43.7 Å². The average molecular weight is 653 g/mol. The molecule has 2 aromatic heterocycles. The van der Waals surface area contributed by atoms with Crippen molar-refractivity contribution in [2.45, 2.75) is 44.7 Å². The van der Waals surface area contributed by atoms with Crippen LogP contribution in [0.2, 0.25) is 0 Å². The van der Waals surface area contributed by atoms with Gasteiger partial charge in [0.15, 0.2) is 5.69 Å². The minimum atomic E-state index is -4.69. The third-order valence-electron chi connectivity index (χ3n) is 7.08. The smallest absolute Gasteiger partial charge is 0.425 e. The molecule has 1 fully saturated rings. The lowest BCUT2D eigenvalue weighted by Gasteiger charge is -2.28. The van der Waals surface area contributed by atoms with Crippen molar-refractivity contribution in [3.63, 3.8) is 0 Å². The van der Waals surface area contributed by atoms with Gasteiger partial charge < -0.3 is 9.57 Å². The first kappa shape index (κ1) is 31.7. The normalized spacial score (nSPS) is 15.8. The SMILES string of the molecule is Cc1ccc(-c2cc(C(F)(F)F)nn2-c2ccc(S(=O)(=O)NC(=O)C3CCCN(n4on4OCOC(=O)C(C)C)C3)cc2)cc1. The molecule has 5 rings (SSSR count). The second-order valence-corrected chi connectivity index (χ2v) is 12.5. The Morgan fingerprint density at radius 3 is 2.44 bits per heavy atom. The largest absolute Gasteiger partial charge is 0.435 e. The number of carbonyl (C=O) groups is 2. The summed E-state index contributed by atoms with van der Waals surface area (Å²) in [5.41, 5.74) is 0.684. The second kappa shape index (κ2) is 12.4. The van der Waals surface area contributed by atoms with Gasteiger partial charge in [0.2, 0.25) is 5.91 Å². The van der Waals surface area contributed by atoms with E-state index in [1.54, 1.807) is 43.1 Å². The van der Waals surface area contributed by atoms with Crippen LogP contribution in [-0.2, 0) is 30.5 Å². The molecule has 0 spiro atoms. The average Bonchev–Trinajstić information content (AvgIpc) is 3.62. The number of hydrogen-bond acceptors (Lipinski definition) is 9. The molecule has 17 heteroatoms. The molecule has 3 heterocycles. The van der Waals surface area contributed by atoms with E-state index in [2.05, 4.69) is 9.82 Å². The fraction of sp³-hybridized carbons (Fsp3) is 0.393. The van der Waals surface area contributed by atoms with Crippen molar-refractivity contribution < 1.29 is 45.4 Å². The number of alkyl halides is 3. The van der Waals surface area contributed by atoms with Crippen LogP contribution in [0.15, 0.2) is 64.1 Å². The van der Waals surface area contributed by atoms with E-state index < -0.39 is 39.7 Å². The van der Waals surface area contributed by atoms with Crippen LogP contribution < -0.4 is 14.6 Å². The predicted octanol–water partition coefficient (Wildman–Crippen LogP) is 3.50. The number of amides is 1. The van der Waals surface area contributed by atoms with Crippen molar-refractivity contribution in [3.8, 4) is 16.9 Å². The third kappa shape index (κ3) is 7.35. The van der Waals surface area contributed by atoms with Crippen LogP contribution in [0.4, 0.5) is 13.2 Å². The molecule has 0 bridgehead atoms. The van der Waals surface area contributed by atoms with Gasteiger partial charge in [0.05, 0.1) is 34.7 Å². The van der Waals surface area contributed by atoms with Crippen LogP contribution >= 0.6 is 0 Å². The second-order valence-electron chi connectivity index (χ2n) is 10.8. The van der Waals surface area contributed by atoms with E-state index in [-0.39, 0.29) is 35.5 Å². The van der Waals surface area contributed by atoms with E-state index in [0.29, 0.717) is 24.9 Å². The van der Waals surface area contributed by atoms with E-state index in [1.807, 2.05) is 6.92 Å². The maximum absolute atomic E-state index is 13.5. The maximum Gasteiger partial charge on any atom is 0.435 e. The van der Waals surface area contributed by atoms with E-state index in [0.717, 1.165) is 21.3 Å².